The van der Waals surface area contributed by atoms with Gasteiger partial charge in [0.15, 0.2) is 0 Å². The number of hydrogen-bond acceptors (Lipinski definition) is 6. The molecule has 0 unspecified atom stereocenters. The molecule has 1 rings (SSSR count). The first kappa shape index (κ1) is 14.6. The van der Waals surface area contributed by atoms with Crippen molar-refractivity contribution in [3.63, 3.8) is 0 Å². The molecule has 0 amide bonds. The molecule has 0 bridgehead atoms. The summed E-state index contributed by atoms with van der Waals surface area (Å²) >= 11 is 0. The molecule has 0 fully saturated rings. The summed E-state index contributed by atoms with van der Waals surface area (Å²) in [5.41, 5.74) is 6.57. The van der Waals surface area contributed by atoms with Gasteiger partial charge >= 0.3 is 5.97 Å². The van der Waals surface area contributed by atoms with Crippen molar-refractivity contribution in [2.24, 2.45) is 5.73 Å². The zero-order valence-corrected chi connectivity index (χ0v) is 10.4. The van der Waals surface area contributed by atoms with Crippen molar-refractivity contribution in [1.82, 2.24) is 4.98 Å². The number of rotatable bonds is 8. The Balaban J connectivity index is 2.23. The van der Waals surface area contributed by atoms with E-state index < -0.39 is 5.97 Å². The summed E-state index contributed by atoms with van der Waals surface area (Å²) in [6, 6.07) is 3.34. The lowest BCUT2D eigenvalue weighted by Gasteiger charge is -2.05. The van der Waals surface area contributed by atoms with Crippen LogP contribution in [0.4, 0.5) is 0 Å². The number of carbonyl (C=O) groups is 1. The zero-order valence-electron chi connectivity index (χ0n) is 10.4. The highest BCUT2D eigenvalue weighted by molar-refractivity contribution is 5.87. The normalized spacial score (nSPS) is 10.3. The highest BCUT2D eigenvalue weighted by Crippen LogP contribution is 2.01. The number of hydrogen-bond donors (Lipinski definition) is 1. The molecule has 100 valence electrons. The second-order valence-electron chi connectivity index (χ2n) is 3.50. The maximum atomic E-state index is 11.5. The topological polar surface area (TPSA) is 83.7 Å². The third-order valence-corrected chi connectivity index (χ3v) is 2.16. The fraction of sp³-hybridized carbons (Fsp3) is 0.500. The first-order chi connectivity index (χ1) is 8.77. The van der Waals surface area contributed by atoms with Crippen LogP contribution in [-0.4, -0.2) is 44.5 Å². The number of nitrogens with two attached hydrogens (primary N) is 1. The summed E-state index contributed by atoms with van der Waals surface area (Å²) in [6.07, 6.45) is 1.56. The molecule has 2 N–H and O–H groups in total. The van der Waals surface area contributed by atoms with Crippen molar-refractivity contribution < 1.29 is 19.0 Å². The van der Waals surface area contributed by atoms with Crippen molar-refractivity contribution in [3.8, 4) is 0 Å². The van der Waals surface area contributed by atoms with E-state index in [2.05, 4.69) is 4.98 Å². The first-order valence-electron chi connectivity index (χ1n) is 5.66. The van der Waals surface area contributed by atoms with E-state index in [9.17, 15) is 4.79 Å². The van der Waals surface area contributed by atoms with Gasteiger partial charge in [-0.3, -0.25) is 0 Å². The van der Waals surface area contributed by atoms with E-state index in [0.29, 0.717) is 26.4 Å². The third kappa shape index (κ3) is 5.22. The van der Waals surface area contributed by atoms with Crippen molar-refractivity contribution in [2.45, 2.75) is 6.54 Å². The molecule has 18 heavy (non-hydrogen) atoms. The quantitative estimate of drug-likeness (QED) is 0.532. The van der Waals surface area contributed by atoms with Crippen LogP contribution in [0.1, 0.15) is 16.1 Å². The van der Waals surface area contributed by atoms with E-state index in [1.165, 1.54) is 0 Å². The van der Waals surface area contributed by atoms with Gasteiger partial charge < -0.3 is 19.9 Å². The summed E-state index contributed by atoms with van der Waals surface area (Å²) in [5.74, 6) is -0.464. The van der Waals surface area contributed by atoms with Gasteiger partial charge in [0.1, 0.15) is 12.3 Å². The van der Waals surface area contributed by atoms with Gasteiger partial charge in [0.25, 0.3) is 0 Å². The third-order valence-electron chi connectivity index (χ3n) is 2.16. The lowest BCUT2D eigenvalue weighted by atomic mass is 10.2. The molecule has 0 atom stereocenters. The molecule has 0 aliphatic heterocycles. The van der Waals surface area contributed by atoms with Gasteiger partial charge in [0.2, 0.25) is 0 Å². The number of aromatic nitrogens is 1. The van der Waals surface area contributed by atoms with E-state index in [0.717, 1.165) is 5.56 Å². The van der Waals surface area contributed by atoms with Crippen molar-refractivity contribution in [2.75, 3.05) is 33.5 Å². The Bertz CT molecular complexity index is 354. The monoisotopic (exact) mass is 254 g/mol. The Labute approximate surface area is 106 Å². The van der Waals surface area contributed by atoms with Gasteiger partial charge in [-0.1, -0.05) is 6.07 Å². The second-order valence-corrected chi connectivity index (χ2v) is 3.50. The number of esters is 1. The van der Waals surface area contributed by atoms with E-state index in [1.54, 1.807) is 25.4 Å². The van der Waals surface area contributed by atoms with Crippen LogP contribution in [0.3, 0.4) is 0 Å². The molecule has 6 nitrogen and oxygen atoms in total. The fourth-order valence-electron chi connectivity index (χ4n) is 1.18. The van der Waals surface area contributed by atoms with Crippen LogP contribution in [-0.2, 0) is 20.8 Å². The van der Waals surface area contributed by atoms with E-state index in [-0.39, 0.29) is 12.3 Å². The standard InChI is InChI=1S/C12H18N2O4/c1-16-4-5-17-6-7-18-12(15)11-3-2-10(8-13)9-14-11/h2-3,9H,4-8,13H2,1H3. The highest BCUT2D eigenvalue weighted by Gasteiger charge is 2.07. The minimum absolute atomic E-state index is 0.197. The average Bonchev–Trinajstić information content (AvgIpc) is 2.42. The smallest absolute Gasteiger partial charge is 0.356 e. The molecule has 1 heterocycles. The fourth-order valence-corrected chi connectivity index (χ4v) is 1.18. The van der Waals surface area contributed by atoms with Gasteiger partial charge in [0.05, 0.1) is 19.8 Å². The van der Waals surface area contributed by atoms with Crippen LogP contribution in [0.15, 0.2) is 18.3 Å². The van der Waals surface area contributed by atoms with Crippen molar-refractivity contribution in [3.05, 3.63) is 29.6 Å². The number of pyridine rings is 1. The molecule has 0 radical (unpaired) electrons. The van der Waals surface area contributed by atoms with Crippen LogP contribution < -0.4 is 5.73 Å². The molecule has 6 heteroatoms. The molecular weight excluding hydrogens is 236 g/mol. The SMILES string of the molecule is COCCOCCOC(=O)c1ccc(CN)cn1. The molecule has 0 saturated carbocycles. The van der Waals surface area contributed by atoms with Crippen LogP contribution in [0.25, 0.3) is 0 Å². The largest absolute Gasteiger partial charge is 0.459 e. The lowest BCUT2D eigenvalue weighted by molar-refractivity contribution is 0.0209. The Morgan fingerprint density at radius 1 is 1.28 bits per heavy atom. The van der Waals surface area contributed by atoms with Crippen LogP contribution in [0.5, 0.6) is 0 Å². The van der Waals surface area contributed by atoms with E-state index in [4.69, 9.17) is 19.9 Å². The molecule has 0 saturated heterocycles. The van der Waals surface area contributed by atoms with Crippen LogP contribution >= 0.6 is 0 Å². The molecular formula is C12H18N2O4. The van der Waals surface area contributed by atoms with Crippen LogP contribution in [0.2, 0.25) is 0 Å². The summed E-state index contributed by atoms with van der Waals surface area (Å²) in [7, 11) is 1.60. The van der Waals surface area contributed by atoms with E-state index >= 15 is 0 Å². The summed E-state index contributed by atoms with van der Waals surface area (Å²) in [5, 5.41) is 0. The zero-order chi connectivity index (χ0) is 13.2. The Kier molecular flexibility index (Phi) is 6.93. The molecule has 0 aliphatic rings. The minimum atomic E-state index is -0.464. The van der Waals surface area contributed by atoms with Gasteiger partial charge in [0, 0.05) is 19.9 Å². The van der Waals surface area contributed by atoms with Crippen LogP contribution in [0, 0.1) is 0 Å². The van der Waals surface area contributed by atoms with Gasteiger partial charge in [-0.05, 0) is 11.6 Å². The Morgan fingerprint density at radius 2 is 2.06 bits per heavy atom. The Morgan fingerprint density at radius 3 is 2.67 bits per heavy atom. The first-order valence-corrected chi connectivity index (χ1v) is 5.66. The van der Waals surface area contributed by atoms with Crippen molar-refractivity contribution >= 4 is 5.97 Å². The molecule has 0 aliphatic carbocycles. The predicted molar refractivity (Wildman–Crippen MR) is 65.1 cm³/mol. The predicted octanol–water partition coefficient (Wildman–Crippen LogP) is 0.360. The van der Waals surface area contributed by atoms with Gasteiger partial charge in [-0.15, -0.1) is 0 Å². The lowest BCUT2D eigenvalue weighted by Crippen LogP contribution is -2.13. The number of carbonyl (C=O) groups excluding carboxylic acids is 1. The average molecular weight is 254 g/mol. The summed E-state index contributed by atoms with van der Waals surface area (Å²) in [6.45, 7) is 1.95. The van der Waals surface area contributed by atoms with Gasteiger partial charge in [-0.25, -0.2) is 9.78 Å². The molecule has 0 aromatic carbocycles. The molecule has 1 aromatic rings. The maximum Gasteiger partial charge on any atom is 0.356 e. The molecule has 0 spiro atoms. The number of methoxy groups -OCH3 is 1. The number of ether oxygens (including phenoxy) is 3. The summed E-state index contributed by atoms with van der Waals surface area (Å²) in [4.78, 5) is 15.5. The highest BCUT2D eigenvalue weighted by atomic mass is 16.6. The Hall–Kier alpha value is -1.50. The second kappa shape index (κ2) is 8.57. The maximum absolute atomic E-state index is 11.5. The number of nitrogens with zero attached hydrogens (tertiary/aromatic N) is 1. The van der Waals surface area contributed by atoms with E-state index in [1.807, 2.05) is 0 Å². The minimum Gasteiger partial charge on any atom is -0.459 e. The van der Waals surface area contributed by atoms with Gasteiger partial charge in [-0.2, -0.15) is 0 Å². The van der Waals surface area contributed by atoms with Crippen molar-refractivity contribution in [1.29, 1.82) is 0 Å². The summed E-state index contributed by atoms with van der Waals surface area (Å²) < 4.78 is 14.9. The molecule has 1 aromatic heterocycles.